The number of carbonyl (C=O) groups is 2. The van der Waals surface area contributed by atoms with Crippen molar-refractivity contribution in [2.24, 2.45) is 0 Å². The zero-order valence-corrected chi connectivity index (χ0v) is 8.96. The van der Waals surface area contributed by atoms with E-state index in [0.29, 0.717) is 24.3 Å². The summed E-state index contributed by atoms with van der Waals surface area (Å²) in [6.07, 6.45) is 0.808. The monoisotopic (exact) mass is 225 g/mol. The van der Waals surface area contributed by atoms with Gasteiger partial charge in [0.05, 0.1) is 12.8 Å². The van der Waals surface area contributed by atoms with Crippen molar-refractivity contribution in [3.8, 4) is 0 Å². The molecule has 1 aliphatic rings. The minimum atomic E-state index is 0. The molecule has 3 nitrogen and oxygen atoms in total. The molecule has 0 atom stereocenters. The van der Waals surface area contributed by atoms with Crippen LogP contribution in [0.1, 0.15) is 18.4 Å². The van der Waals surface area contributed by atoms with Crippen LogP contribution in [-0.2, 0) is 16.1 Å². The van der Waals surface area contributed by atoms with Crippen molar-refractivity contribution in [1.82, 2.24) is 0 Å². The Morgan fingerprint density at radius 3 is 2.07 bits per heavy atom. The summed E-state index contributed by atoms with van der Waals surface area (Å²) < 4.78 is 0. The second kappa shape index (κ2) is 5.05. The molecule has 1 aromatic rings. The maximum atomic E-state index is 11.3. The second-order valence-corrected chi connectivity index (χ2v) is 3.49. The molecular weight excluding hydrogens is 214 g/mol. The summed E-state index contributed by atoms with van der Waals surface area (Å²) in [5, 5.41) is 0. The largest absolute Gasteiger partial charge is 1.00 e. The number of rotatable bonds is 2. The van der Waals surface area contributed by atoms with Gasteiger partial charge in [0.2, 0.25) is 0 Å². The van der Waals surface area contributed by atoms with Gasteiger partial charge >= 0.3 is 11.8 Å². The number of hydrogen-bond donors (Lipinski definition) is 1. The Hall–Kier alpha value is -1.19. The number of imide groups is 1. The van der Waals surface area contributed by atoms with Gasteiger partial charge in [-0.25, -0.2) is 14.5 Å². The first-order chi connectivity index (χ1) is 6.77. The molecule has 2 amide bonds. The van der Waals surface area contributed by atoms with Crippen LogP contribution in [0.4, 0.5) is 0 Å². The lowest BCUT2D eigenvalue weighted by molar-refractivity contribution is -0.747. The van der Waals surface area contributed by atoms with E-state index in [9.17, 15) is 9.59 Å². The topological polar surface area (TPSA) is 38.6 Å². The van der Waals surface area contributed by atoms with Gasteiger partial charge in [-0.1, -0.05) is 30.3 Å². The Morgan fingerprint density at radius 1 is 1.00 bits per heavy atom. The number of likely N-dealkylation sites (tertiary alicyclic amines) is 1. The van der Waals surface area contributed by atoms with Crippen molar-refractivity contribution in [2.45, 2.75) is 19.4 Å². The van der Waals surface area contributed by atoms with Gasteiger partial charge in [0.1, 0.15) is 6.54 Å². The Kier molecular flexibility index (Phi) is 4.00. The molecule has 80 valence electrons. The fraction of sp³-hybridized carbons (Fsp3) is 0.273. The third kappa shape index (κ3) is 2.64. The van der Waals surface area contributed by atoms with Crippen molar-refractivity contribution < 1.29 is 26.9 Å². The van der Waals surface area contributed by atoms with Crippen molar-refractivity contribution in [3.05, 3.63) is 35.9 Å². The highest BCUT2D eigenvalue weighted by Gasteiger charge is 2.35. The van der Waals surface area contributed by atoms with E-state index in [1.807, 2.05) is 30.3 Å². The summed E-state index contributed by atoms with van der Waals surface area (Å²) in [4.78, 5) is 23.1. The molecule has 1 aliphatic heterocycles. The van der Waals surface area contributed by atoms with Crippen molar-refractivity contribution in [1.29, 1.82) is 0 Å². The van der Waals surface area contributed by atoms with E-state index in [4.69, 9.17) is 0 Å². The fourth-order valence-electron chi connectivity index (χ4n) is 1.68. The fourth-order valence-corrected chi connectivity index (χ4v) is 1.68. The normalized spacial score (nSPS) is 16.5. The molecule has 0 unspecified atom stereocenters. The van der Waals surface area contributed by atoms with Crippen molar-refractivity contribution >= 4 is 11.8 Å². The number of benzene rings is 1. The smallest absolute Gasteiger partial charge is 0.320 e. The van der Waals surface area contributed by atoms with Gasteiger partial charge in [-0.15, -0.1) is 0 Å². The first-order valence-electron chi connectivity index (χ1n) is 4.73. The van der Waals surface area contributed by atoms with Gasteiger partial charge in [-0.3, -0.25) is 0 Å². The average Bonchev–Trinajstić information content (AvgIpc) is 2.51. The summed E-state index contributed by atoms with van der Waals surface area (Å²) in [7, 11) is 0. The highest BCUT2D eigenvalue weighted by Crippen LogP contribution is 1.99. The molecule has 0 bridgehead atoms. The van der Waals surface area contributed by atoms with Gasteiger partial charge in [-0.05, 0) is 0 Å². The highest BCUT2D eigenvalue weighted by molar-refractivity contribution is 5.88. The molecule has 4 heteroatoms. The Morgan fingerprint density at radius 2 is 1.53 bits per heavy atom. The number of amides is 2. The van der Waals surface area contributed by atoms with Gasteiger partial charge in [-0.2, -0.15) is 0 Å². The van der Waals surface area contributed by atoms with E-state index in [2.05, 4.69) is 0 Å². The number of halogens is 1. The summed E-state index contributed by atoms with van der Waals surface area (Å²) in [5.41, 5.74) is 1.03. The van der Waals surface area contributed by atoms with Gasteiger partial charge in [0.15, 0.2) is 0 Å². The lowest BCUT2D eigenvalue weighted by Crippen LogP contribution is -3.13. The standard InChI is InChI=1S/C11H11NO2.ClH/c13-10-6-7-11(14)12(10)8-9-4-2-1-3-5-9;/h1-5H,6-8H2;1H. The van der Waals surface area contributed by atoms with E-state index < -0.39 is 0 Å². The third-order valence-corrected chi connectivity index (χ3v) is 2.48. The Bertz CT molecular complexity index is 348. The molecule has 0 radical (unpaired) electrons. The van der Waals surface area contributed by atoms with Gasteiger partial charge in [0.25, 0.3) is 0 Å². The Balaban J connectivity index is 0.00000112. The highest BCUT2D eigenvalue weighted by atomic mass is 35.5. The predicted molar refractivity (Wildman–Crippen MR) is 50.4 cm³/mol. The number of quaternary nitrogens is 1. The van der Waals surface area contributed by atoms with Crippen LogP contribution in [0, 0.1) is 0 Å². The molecular formula is C11H12ClNO2. The van der Waals surface area contributed by atoms with E-state index in [0.717, 1.165) is 5.56 Å². The molecule has 1 aromatic carbocycles. The maximum absolute atomic E-state index is 11.3. The summed E-state index contributed by atoms with van der Waals surface area (Å²) in [6, 6.07) is 9.63. The second-order valence-electron chi connectivity index (χ2n) is 3.49. The van der Waals surface area contributed by atoms with E-state index >= 15 is 0 Å². The molecule has 1 heterocycles. The average molecular weight is 226 g/mol. The lowest BCUT2D eigenvalue weighted by atomic mass is 10.2. The van der Waals surface area contributed by atoms with Crippen LogP contribution < -0.4 is 17.3 Å². The number of carbonyl (C=O) groups excluding carboxylic acids is 2. The lowest BCUT2D eigenvalue weighted by Gasteiger charge is -2.06. The van der Waals surface area contributed by atoms with Crippen LogP contribution in [0.5, 0.6) is 0 Å². The minimum Gasteiger partial charge on any atom is -1.00 e. The molecule has 1 fully saturated rings. The van der Waals surface area contributed by atoms with Crippen LogP contribution in [0.2, 0.25) is 0 Å². The zero-order chi connectivity index (χ0) is 9.97. The van der Waals surface area contributed by atoms with Crippen LogP contribution in [0.25, 0.3) is 0 Å². The number of nitrogens with one attached hydrogen (secondary N) is 1. The SMILES string of the molecule is O=C1CCC(=O)[NH+]1Cc1ccccc1.[Cl-]. The van der Waals surface area contributed by atoms with Gasteiger partial charge in [0, 0.05) is 5.56 Å². The molecule has 1 saturated heterocycles. The maximum Gasteiger partial charge on any atom is 0.320 e. The summed E-state index contributed by atoms with van der Waals surface area (Å²) >= 11 is 0. The molecule has 1 N–H and O–H groups in total. The van der Waals surface area contributed by atoms with Crippen LogP contribution in [0.3, 0.4) is 0 Å². The Labute approximate surface area is 94.5 Å². The van der Waals surface area contributed by atoms with Crippen molar-refractivity contribution in [2.75, 3.05) is 0 Å². The molecule has 0 aliphatic carbocycles. The molecule has 0 spiro atoms. The quantitative estimate of drug-likeness (QED) is 0.543. The van der Waals surface area contributed by atoms with Crippen LogP contribution in [0.15, 0.2) is 30.3 Å². The zero-order valence-electron chi connectivity index (χ0n) is 8.20. The molecule has 0 aromatic heterocycles. The van der Waals surface area contributed by atoms with Crippen LogP contribution in [-0.4, -0.2) is 11.8 Å². The predicted octanol–water partition coefficient (Wildman–Crippen LogP) is -3.08. The minimum absolute atomic E-state index is 0. The molecule has 2 rings (SSSR count). The van der Waals surface area contributed by atoms with Crippen molar-refractivity contribution in [3.63, 3.8) is 0 Å². The first-order valence-corrected chi connectivity index (χ1v) is 4.73. The van der Waals surface area contributed by atoms with E-state index in [1.165, 1.54) is 0 Å². The van der Waals surface area contributed by atoms with Gasteiger partial charge < -0.3 is 12.4 Å². The van der Waals surface area contributed by atoms with E-state index in [1.54, 1.807) is 0 Å². The molecule has 15 heavy (non-hydrogen) atoms. The third-order valence-electron chi connectivity index (χ3n) is 2.48. The van der Waals surface area contributed by atoms with Crippen LogP contribution >= 0.6 is 0 Å². The first kappa shape index (κ1) is 11.9. The molecule has 0 saturated carbocycles. The number of hydrogen-bond acceptors (Lipinski definition) is 2. The summed E-state index contributed by atoms with van der Waals surface area (Å²) in [5.74, 6) is 0.0534. The van der Waals surface area contributed by atoms with E-state index in [-0.39, 0.29) is 24.2 Å². The summed E-state index contributed by atoms with van der Waals surface area (Å²) in [6.45, 7) is 0.499.